The van der Waals surface area contributed by atoms with Crippen molar-refractivity contribution in [3.05, 3.63) is 23.8 Å². The zero-order chi connectivity index (χ0) is 19.4. The Hall–Kier alpha value is -2.55. The number of ether oxygens (including phenoxy) is 3. The van der Waals surface area contributed by atoms with Crippen LogP contribution >= 0.6 is 0 Å². The van der Waals surface area contributed by atoms with Gasteiger partial charge >= 0.3 is 5.97 Å². The zero-order valence-corrected chi connectivity index (χ0v) is 15.8. The molecule has 0 radical (unpaired) electrons. The lowest BCUT2D eigenvalue weighted by Gasteiger charge is -2.34. The molecule has 0 amide bonds. The summed E-state index contributed by atoms with van der Waals surface area (Å²) in [6, 6.07) is 7.82. The molecule has 2 atom stereocenters. The molecule has 3 rings (SSSR count). The fourth-order valence-electron chi connectivity index (χ4n) is 4.11. The van der Waals surface area contributed by atoms with Crippen molar-refractivity contribution in [3.63, 3.8) is 0 Å². The molecule has 0 aliphatic heterocycles. The maximum atomic E-state index is 12.2. The second kappa shape index (κ2) is 7.99. The maximum Gasteiger partial charge on any atom is 0.316 e. The van der Waals surface area contributed by atoms with Gasteiger partial charge in [0.05, 0.1) is 31.8 Å². The van der Waals surface area contributed by atoms with E-state index >= 15 is 0 Å². The Morgan fingerprint density at radius 1 is 1.22 bits per heavy atom. The Labute approximate surface area is 159 Å². The van der Waals surface area contributed by atoms with E-state index < -0.39 is 17.3 Å². The van der Waals surface area contributed by atoms with Crippen LogP contribution in [0.4, 0.5) is 0 Å². The average Bonchev–Trinajstić information content (AvgIpc) is 3.21. The summed E-state index contributed by atoms with van der Waals surface area (Å²) in [4.78, 5) is 24.2. The largest absolute Gasteiger partial charge is 0.493 e. The van der Waals surface area contributed by atoms with Crippen LogP contribution in [0.25, 0.3) is 0 Å². The van der Waals surface area contributed by atoms with Crippen LogP contribution in [0.2, 0.25) is 0 Å². The predicted octanol–water partition coefficient (Wildman–Crippen LogP) is 3.32. The van der Waals surface area contributed by atoms with Crippen LogP contribution in [0.15, 0.2) is 18.2 Å². The van der Waals surface area contributed by atoms with Gasteiger partial charge in [0, 0.05) is 6.42 Å². The number of Topliss-reactive ketones (excluding diaryl/α,β-unsaturated/α-hetero) is 1. The first-order valence-corrected chi connectivity index (χ1v) is 9.40. The molecule has 1 aromatic rings. The molecule has 2 saturated carbocycles. The number of carbonyl (C=O) groups excluding carboxylic acids is 2. The highest BCUT2D eigenvalue weighted by molar-refractivity contribution is 6.00. The number of methoxy groups -OCH3 is 2. The fraction of sp³-hybridized carbons (Fsp3) is 0.571. The topological polar surface area (TPSA) is 85.6 Å². The first kappa shape index (κ1) is 19.2. The lowest BCUT2D eigenvalue weighted by Crippen LogP contribution is -2.40. The second-order valence-electron chi connectivity index (χ2n) is 7.33. The average molecular weight is 371 g/mol. The molecule has 2 aliphatic carbocycles. The summed E-state index contributed by atoms with van der Waals surface area (Å²) in [5.41, 5.74) is -0.174. The molecule has 0 bridgehead atoms. The molecule has 6 nitrogen and oxygen atoms in total. The van der Waals surface area contributed by atoms with Crippen molar-refractivity contribution in [3.8, 4) is 17.6 Å². The first-order valence-electron chi connectivity index (χ1n) is 9.40. The van der Waals surface area contributed by atoms with E-state index in [4.69, 9.17) is 14.2 Å². The summed E-state index contributed by atoms with van der Waals surface area (Å²) >= 11 is 0. The number of hydrogen-bond donors (Lipinski definition) is 0. The Morgan fingerprint density at radius 3 is 2.59 bits per heavy atom. The quantitative estimate of drug-likeness (QED) is 0.583. The molecule has 1 aromatic carbocycles. The van der Waals surface area contributed by atoms with E-state index in [0.29, 0.717) is 17.9 Å². The number of ketones is 1. The van der Waals surface area contributed by atoms with Crippen molar-refractivity contribution in [2.75, 3.05) is 14.2 Å². The molecule has 27 heavy (non-hydrogen) atoms. The molecular formula is C21H25NO5. The third kappa shape index (κ3) is 3.78. The Balaban J connectivity index is 1.93. The van der Waals surface area contributed by atoms with Crippen LogP contribution in [0.5, 0.6) is 11.5 Å². The van der Waals surface area contributed by atoms with Gasteiger partial charge in [-0.25, -0.2) is 0 Å². The Bertz CT molecular complexity index is 754. The molecule has 0 heterocycles. The van der Waals surface area contributed by atoms with Crippen molar-refractivity contribution < 1.29 is 23.8 Å². The van der Waals surface area contributed by atoms with Crippen molar-refractivity contribution in [1.29, 1.82) is 5.26 Å². The number of esters is 1. The van der Waals surface area contributed by atoms with Crippen LogP contribution in [0.3, 0.4) is 0 Å². The number of nitrogens with zero attached hydrogens (tertiary/aromatic N) is 1. The van der Waals surface area contributed by atoms with Gasteiger partial charge in [0.15, 0.2) is 11.5 Å². The van der Waals surface area contributed by atoms with Crippen LogP contribution in [0, 0.1) is 17.2 Å². The van der Waals surface area contributed by atoms with Gasteiger partial charge < -0.3 is 14.2 Å². The predicted molar refractivity (Wildman–Crippen MR) is 97.5 cm³/mol. The van der Waals surface area contributed by atoms with E-state index in [1.807, 2.05) is 12.1 Å². The van der Waals surface area contributed by atoms with Crippen molar-refractivity contribution in [2.45, 2.75) is 56.5 Å². The molecule has 6 heteroatoms. The van der Waals surface area contributed by atoms with Crippen molar-refractivity contribution in [2.24, 2.45) is 5.92 Å². The maximum absolute atomic E-state index is 12.2. The lowest BCUT2D eigenvalue weighted by molar-refractivity contribution is -0.151. The van der Waals surface area contributed by atoms with Crippen LogP contribution in [-0.2, 0) is 19.7 Å². The van der Waals surface area contributed by atoms with Gasteiger partial charge in [0.2, 0.25) is 0 Å². The van der Waals surface area contributed by atoms with Gasteiger partial charge in [-0.15, -0.1) is 0 Å². The van der Waals surface area contributed by atoms with Crippen LogP contribution in [-0.4, -0.2) is 32.1 Å². The molecule has 0 spiro atoms. The summed E-state index contributed by atoms with van der Waals surface area (Å²) < 4.78 is 16.3. The molecule has 2 aliphatic rings. The summed E-state index contributed by atoms with van der Waals surface area (Å²) in [7, 11) is 2.85. The minimum absolute atomic E-state index is 0.129. The standard InChI is InChI=1S/C21H25NO5/c1-25-18-8-7-14(11-19(18)27-15-5-3-4-6-15)21(13-22)10-9-17(23)16(12-21)20(24)26-2/h7-8,11,15-16H,3-6,9-10,12H2,1-2H3/t16-,21-/m0/s1. The third-order valence-corrected chi connectivity index (χ3v) is 5.75. The van der Waals surface area contributed by atoms with Crippen molar-refractivity contribution >= 4 is 11.8 Å². The van der Waals surface area contributed by atoms with E-state index in [9.17, 15) is 14.9 Å². The minimum atomic E-state index is -0.924. The van der Waals surface area contributed by atoms with E-state index in [1.54, 1.807) is 13.2 Å². The number of rotatable bonds is 5. The first-order chi connectivity index (χ1) is 13.0. The molecular weight excluding hydrogens is 346 g/mol. The number of benzene rings is 1. The van der Waals surface area contributed by atoms with E-state index in [0.717, 1.165) is 31.2 Å². The highest BCUT2D eigenvalue weighted by Crippen LogP contribution is 2.43. The van der Waals surface area contributed by atoms with E-state index in [-0.39, 0.29) is 24.7 Å². The van der Waals surface area contributed by atoms with Gasteiger partial charge in [-0.3, -0.25) is 9.59 Å². The minimum Gasteiger partial charge on any atom is -0.493 e. The highest BCUT2D eigenvalue weighted by Gasteiger charge is 2.45. The molecule has 2 fully saturated rings. The highest BCUT2D eigenvalue weighted by atomic mass is 16.5. The summed E-state index contributed by atoms with van der Waals surface area (Å²) in [5.74, 6) is -0.401. The smallest absolute Gasteiger partial charge is 0.316 e. The third-order valence-electron chi connectivity index (χ3n) is 5.75. The van der Waals surface area contributed by atoms with Gasteiger partial charge in [-0.2, -0.15) is 5.26 Å². The van der Waals surface area contributed by atoms with Crippen LogP contribution in [0.1, 0.15) is 50.5 Å². The fourth-order valence-corrected chi connectivity index (χ4v) is 4.11. The number of nitriles is 1. The summed E-state index contributed by atoms with van der Waals surface area (Å²) in [6.07, 6.45) is 5.16. The van der Waals surface area contributed by atoms with Crippen LogP contribution < -0.4 is 9.47 Å². The van der Waals surface area contributed by atoms with Gasteiger partial charge in [-0.1, -0.05) is 6.07 Å². The second-order valence-corrected chi connectivity index (χ2v) is 7.33. The molecule has 0 aromatic heterocycles. The van der Waals surface area contributed by atoms with Gasteiger partial charge in [0.1, 0.15) is 11.7 Å². The Morgan fingerprint density at radius 2 is 1.96 bits per heavy atom. The van der Waals surface area contributed by atoms with E-state index in [1.165, 1.54) is 7.11 Å². The SMILES string of the molecule is COC(=O)[C@H]1C[C@@](C#N)(c2ccc(OC)c(OC3CCCC3)c2)CCC1=O. The van der Waals surface area contributed by atoms with Crippen molar-refractivity contribution in [1.82, 2.24) is 0 Å². The summed E-state index contributed by atoms with van der Waals surface area (Å²) in [6.45, 7) is 0. The monoisotopic (exact) mass is 371 g/mol. The molecule has 144 valence electrons. The number of carbonyl (C=O) groups is 2. The van der Waals surface area contributed by atoms with Gasteiger partial charge in [-0.05, 0) is 56.2 Å². The molecule has 0 saturated heterocycles. The normalized spacial score (nSPS) is 25.7. The van der Waals surface area contributed by atoms with Gasteiger partial charge in [0.25, 0.3) is 0 Å². The van der Waals surface area contributed by atoms with E-state index in [2.05, 4.69) is 6.07 Å². The lowest BCUT2D eigenvalue weighted by atomic mass is 9.66. The zero-order valence-electron chi connectivity index (χ0n) is 15.8. The molecule has 0 unspecified atom stereocenters. The molecule has 0 N–H and O–H groups in total. The summed E-state index contributed by atoms with van der Waals surface area (Å²) in [5, 5.41) is 9.97. The number of hydrogen-bond acceptors (Lipinski definition) is 6. The Kier molecular flexibility index (Phi) is 5.69.